The second kappa shape index (κ2) is 9.09. The summed E-state index contributed by atoms with van der Waals surface area (Å²) in [7, 11) is -3.90. The van der Waals surface area contributed by atoms with Crippen LogP contribution in [0, 0.1) is 0 Å². The lowest BCUT2D eigenvalue weighted by atomic mass is 10.0. The Morgan fingerprint density at radius 2 is 1.45 bits per heavy atom. The maximum atomic E-state index is 9.82. The molecule has 2 rings (SSSR count). The molecule has 0 aromatic rings. The van der Waals surface area contributed by atoms with Gasteiger partial charge in [0.15, 0.2) is 22.4 Å². The number of aliphatic hydroxyl groups excluding tert-OH is 1. The average Bonchev–Trinajstić information content (AvgIpc) is 3.03. The Bertz CT molecular complexity index is 612. The van der Waals surface area contributed by atoms with Gasteiger partial charge in [0.1, 0.15) is 12.2 Å². The summed E-state index contributed by atoms with van der Waals surface area (Å²) < 4.78 is 26.1. The van der Waals surface area contributed by atoms with Gasteiger partial charge in [0, 0.05) is 6.61 Å². The van der Waals surface area contributed by atoms with Gasteiger partial charge in [-0.2, -0.15) is 0 Å². The first-order chi connectivity index (χ1) is 13.8. The first kappa shape index (κ1) is 27.4. The molecule has 1 unspecified atom stereocenters. The van der Waals surface area contributed by atoms with Crippen LogP contribution in [0.25, 0.3) is 0 Å². The van der Waals surface area contributed by atoms with E-state index in [9.17, 15) is 5.11 Å². The largest absolute Gasteiger partial charge is 0.415 e. The standard InChI is InChI=1S/C23H49NO5Si2/c1-21(2,3)30(9,10)26-15-16-19-20(28-23(7,8)27-19)18(24-16)17(13-14-25)29-31(11,12)22(4,5)6/h16-20,24-25H,13-15H2,1-12H3/t16-,17?,18-,19-,20+/m1/s1. The van der Waals surface area contributed by atoms with Crippen molar-refractivity contribution in [2.75, 3.05) is 13.2 Å². The van der Waals surface area contributed by atoms with Crippen LogP contribution in [0.4, 0.5) is 0 Å². The third kappa shape index (κ3) is 6.20. The lowest BCUT2D eigenvalue weighted by Gasteiger charge is -2.42. The average molecular weight is 476 g/mol. The van der Waals surface area contributed by atoms with Gasteiger partial charge < -0.3 is 28.7 Å². The second-order valence-corrected chi connectivity index (χ2v) is 22.4. The zero-order valence-corrected chi connectivity index (χ0v) is 24.1. The molecule has 184 valence electrons. The molecular weight excluding hydrogens is 426 g/mol. The van der Waals surface area contributed by atoms with E-state index in [1.807, 2.05) is 13.8 Å². The minimum atomic E-state index is -2.02. The Morgan fingerprint density at radius 3 is 1.94 bits per heavy atom. The van der Waals surface area contributed by atoms with Crippen LogP contribution in [0.5, 0.6) is 0 Å². The fraction of sp³-hybridized carbons (Fsp3) is 1.00. The number of fused-ring (bicyclic) bond motifs is 1. The predicted octanol–water partition coefficient (Wildman–Crippen LogP) is 4.64. The predicted molar refractivity (Wildman–Crippen MR) is 131 cm³/mol. The van der Waals surface area contributed by atoms with Gasteiger partial charge in [0.25, 0.3) is 0 Å². The van der Waals surface area contributed by atoms with Crippen molar-refractivity contribution in [3.63, 3.8) is 0 Å². The number of hydrogen-bond acceptors (Lipinski definition) is 6. The van der Waals surface area contributed by atoms with Crippen molar-refractivity contribution in [2.45, 2.75) is 134 Å². The first-order valence-electron chi connectivity index (χ1n) is 11.9. The van der Waals surface area contributed by atoms with E-state index in [1.165, 1.54) is 0 Å². The molecule has 2 saturated heterocycles. The summed E-state index contributed by atoms with van der Waals surface area (Å²) in [5.41, 5.74) is 0. The monoisotopic (exact) mass is 475 g/mol. The molecule has 2 heterocycles. The zero-order valence-electron chi connectivity index (χ0n) is 22.1. The van der Waals surface area contributed by atoms with Gasteiger partial charge in [-0.25, -0.2) is 0 Å². The molecule has 0 amide bonds. The van der Waals surface area contributed by atoms with Crippen LogP contribution in [0.1, 0.15) is 61.8 Å². The lowest BCUT2D eigenvalue weighted by molar-refractivity contribution is -0.160. The molecule has 0 bridgehead atoms. The summed E-state index contributed by atoms with van der Waals surface area (Å²) in [6, 6.07) is -0.00354. The highest BCUT2D eigenvalue weighted by molar-refractivity contribution is 6.74. The first-order valence-corrected chi connectivity index (χ1v) is 17.7. The molecule has 2 aliphatic heterocycles. The van der Waals surface area contributed by atoms with E-state index in [4.69, 9.17) is 18.3 Å². The summed E-state index contributed by atoms with van der Waals surface area (Å²) in [4.78, 5) is 0. The molecule has 0 saturated carbocycles. The highest BCUT2D eigenvalue weighted by Gasteiger charge is 2.57. The minimum Gasteiger partial charge on any atom is -0.415 e. The van der Waals surface area contributed by atoms with Gasteiger partial charge in [-0.1, -0.05) is 41.5 Å². The van der Waals surface area contributed by atoms with Crippen molar-refractivity contribution >= 4 is 16.6 Å². The number of aliphatic hydroxyl groups is 1. The number of ether oxygens (including phenoxy) is 2. The third-order valence-electron chi connectivity index (χ3n) is 7.82. The Labute approximate surface area is 193 Å². The van der Waals surface area contributed by atoms with Crippen LogP contribution in [0.15, 0.2) is 0 Å². The van der Waals surface area contributed by atoms with E-state index >= 15 is 0 Å². The maximum Gasteiger partial charge on any atom is 0.192 e. The van der Waals surface area contributed by atoms with Gasteiger partial charge in [-0.05, 0) is 56.5 Å². The van der Waals surface area contributed by atoms with Crippen LogP contribution in [0.2, 0.25) is 36.3 Å². The van der Waals surface area contributed by atoms with Crippen LogP contribution in [-0.2, 0) is 18.3 Å². The molecule has 0 aliphatic carbocycles. The number of hydrogen-bond donors (Lipinski definition) is 2. The molecule has 8 heteroatoms. The maximum absolute atomic E-state index is 9.82. The Hall–Kier alpha value is 0.194. The molecule has 5 atom stereocenters. The number of rotatable bonds is 8. The molecule has 2 N–H and O–H groups in total. The van der Waals surface area contributed by atoms with Gasteiger partial charge in [-0.3, -0.25) is 0 Å². The van der Waals surface area contributed by atoms with Crippen LogP contribution >= 0.6 is 0 Å². The summed E-state index contributed by atoms with van der Waals surface area (Å²) >= 11 is 0. The SMILES string of the molecule is CC1(C)O[C@@H]2[C@H](O1)[C@@H](CO[Si](C)(C)C(C)(C)C)N[C@@H]2C(CCO)O[Si](C)(C)C(C)(C)C. The van der Waals surface area contributed by atoms with E-state index in [2.05, 4.69) is 73.0 Å². The highest BCUT2D eigenvalue weighted by Crippen LogP contribution is 2.42. The molecule has 6 nitrogen and oxygen atoms in total. The van der Waals surface area contributed by atoms with Crippen molar-refractivity contribution in [2.24, 2.45) is 0 Å². The highest BCUT2D eigenvalue weighted by atomic mass is 28.4. The van der Waals surface area contributed by atoms with Crippen molar-refractivity contribution in [3.8, 4) is 0 Å². The van der Waals surface area contributed by atoms with E-state index in [1.54, 1.807) is 0 Å². The van der Waals surface area contributed by atoms with Crippen LogP contribution in [0.3, 0.4) is 0 Å². The smallest absolute Gasteiger partial charge is 0.192 e. The van der Waals surface area contributed by atoms with Crippen molar-refractivity contribution in [3.05, 3.63) is 0 Å². The normalized spacial score (nSPS) is 30.5. The molecule has 0 aromatic carbocycles. The Kier molecular flexibility index (Phi) is 8.05. The van der Waals surface area contributed by atoms with E-state index < -0.39 is 22.4 Å². The summed E-state index contributed by atoms with van der Waals surface area (Å²) in [5, 5.41) is 13.8. The van der Waals surface area contributed by atoms with Gasteiger partial charge in [0.2, 0.25) is 0 Å². The Morgan fingerprint density at radius 1 is 0.935 bits per heavy atom. The quantitative estimate of drug-likeness (QED) is 0.498. The van der Waals surface area contributed by atoms with Crippen molar-refractivity contribution < 1.29 is 23.4 Å². The topological polar surface area (TPSA) is 69.2 Å². The molecule has 0 aromatic heterocycles. The molecule has 31 heavy (non-hydrogen) atoms. The number of nitrogens with one attached hydrogen (secondary N) is 1. The van der Waals surface area contributed by atoms with Crippen molar-refractivity contribution in [1.82, 2.24) is 5.32 Å². The van der Waals surface area contributed by atoms with Crippen LogP contribution < -0.4 is 5.32 Å². The summed E-state index contributed by atoms with van der Waals surface area (Å²) in [6.45, 7) is 27.2. The van der Waals surface area contributed by atoms with Crippen LogP contribution in [-0.4, -0.2) is 71.1 Å². The molecule has 0 spiro atoms. The van der Waals surface area contributed by atoms with Gasteiger partial charge in [0.05, 0.1) is 24.8 Å². The fourth-order valence-corrected chi connectivity index (χ4v) is 6.22. The molecule has 0 radical (unpaired) electrons. The Balaban J connectivity index is 2.24. The minimum absolute atomic E-state index is 0.0371. The van der Waals surface area contributed by atoms with Gasteiger partial charge >= 0.3 is 0 Å². The summed E-state index contributed by atoms with van der Waals surface area (Å²) in [5.74, 6) is -0.633. The van der Waals surface area contributed by atoms with Gasteiger partial charge in [-0.15, -0.1) is 0 Å². The van der Waals surface area contributed by atoms with Crippen molar-refractivity contribution in [1.29, 1.82) is 0 Å². The third-order valence-corrected chi connectivity index (χ3v) is 16.8. The lowest BCUT2D eigenvalue weighted by Crippen LogP contribution is -2.54. The molecular formula is C23H49NO5Si2. The summed E-state index contributed by atoms with van der Waals surface area (Å²) in [6.07, 6.45) is 0.236. The molecule has 2 aliphatic rings. The fourth-order valence-electron chi connectivity index (χ4n) is 3.81. The van der Waals surface area contributed by atoms with E-state index in [-0.39, 0.29) is 47.1 Å². The zero-order chi connectivity index (χ0) is 24.0. The molecule has 2 fully saturated rings. The van der Waals surface area contributed by atoms with E-state index in [0.29, 0.717) is 13.0 Å². The van der Waals surface area contributed by atoms with E-state index in [0.717, 1.165) is 0 Å². The second-order valence-electron chi connectivity index (χ2n) is 12.9.